The molecule has 0 saturated heterocycles. The average Bonchev–Trinajstić information content (AvgIpc) is 2.59. The first-order chi connectivity index (χ1) is 11.8. The standard InChI is InChI=1S/C21H29NO2/c23-19-17-21(22-20(24-19)18-13-9-8-10-14-18)15-11-6-4-2-1-3-5-7-12-16-21/h8-10,13-14H,1-7,11-12,15-17H2. The number of ether oxygens (including phenoxy) is 1. The Morgan fingerprint density at radius 3 is 1.92 bits per heavy atom. The Labute approximate surface area is 145 Å². The van der Waals surface area contributed by atoms with E-state index in [0.717, 1.165) is 18.4 Å². The predicted molar refractivity (Wildman–Crippen MR) is 97.2 cm³/mol. The zero-order valence-corrected chi connectivity index (χ0v) is 14.6. The molecule has 1 aliphatic carbocycles. The van der Waals surface area contributed by atoms with E-state index in [1.54, 1.807) is 0 Å². The monoisotopic (exact) mass is 327 g/mol. The van der Waals surface area contributed by atoms with Gasteiger partial charge in [-0.3, -0.25) is 4.79 Å². The number of cyclic esters (lactones) is 1. The Morgan fingerprint density at radius 2 is 1.33 bits per heavy atom. The number of rotatable bonds is 1. The van der Waals surface area contributed by atoms with Gasteiger partial charge in [-0.25, -0.2) is 4.99 Å². The average molecular weight is 327 g/mol. The fourth-order valence-electron chi connectivity index (χ4n) is 3.95. The fraction of sp³-hybridized carbons (Fsp3) is 0.619. The molecule has 1 aliphatic heterocycles. The number of nitrogens with zero attached hydrogens (tertiary/aromatic N) is 1. The van der Waals surface area contributed by atoms with E-state index in [2.05, 4.69) is 0 Å². The number of benzene rings is 1. The summed E-state index contributed by atoms with van der Waals surface area (Å²) >= 11 is 0. The molecule has 3 heteroatoms. The van der Waals surface area contributed by atoms with Crippen molar-refractivity contribution < 1.29 is 9.53 Å². The van der Waals surface area contributed by atoms with Crippen molar-refractivity contribution in [3.8, 4) is 0 Å². The molecule has 1 aromatic carbocycles. The lowest BCUT2D eigenvalue weighted by Crippen LogP contribution is -2.38. The molecule has 130 valence electrons. The third kappa shape index (κ3) is 4.68. The number of hydrogen-bond acceptors (Lipinski definition) is 3. The van der Waals surface area contributed by atoms with Gasteiger partial charge in [0, 0.05) is 5.56 Å². The van der Waals surface area contributed by atoms with Gasteiger partial charge >= 0.3 is 5.97 Å². The molecule has 0 N–H and O–H groups in total. The lowest BCUT2D eigenvalue weighted by Gasteiger charge is -2.33. The Bertz CT molecular complexity index is 552. The van der Waals surface area contributed by atoms with E-state index >= 15 is 0 Å². The molecule has 0 unspecified atom stereocenters. The molecule has 24 heavy (non-hydrogen) atoms. The van der Waals surface area contributed by atoms with E-state index in [9.17, 15) is 4.79 Å². The van der Waals surface area contributed by atoms with Crippen LogP contribution in [0.1, 0.15) is 82.6 Å². The number of carbonyl (C=O) groups is 1. The Hall–Kier alpha value is -1.64. The molecular formula is C21H29NO2. The maximum atomic E-state index is 12.3. The van der Waals surface area contributed by atoms with Gasteiger partial charge < -0.3 is 4.74 Å². The summed E-state index contributed by atoms with van der Waals surface area (Å²) in [6, 6.07) is 9.85. The maximum Gasteiger partial charge on any atom is 0.314 e. The van der Waals surface area contributed by atoms with Crippen molar-refractivity contribution in [1.29, 1.82) is 0 Å². The summed E-state index contributed by atoms with van der Waals surface area (Å²) in [5, 5.41) is 0. The molecule has 1 heterocycles. The van der Waals surface area contributed by atoms with Crippen LogP contribution in [-0.2, 0) is 9.53 Å². The molecule has 3 rings (SSSR count). The van der Waals surface area contributed by atoms with Crippen LogP contribution in [0.2, 0.25) is 0 Å². The highest BCUT2D eigenvalue weighted by Crippen LogP contribution is 2.35. The van der Waals surface area contributed by atoms with Crippen LogP contribution in [0, 0.1) is 0 Å². The Balaban J connectivity index is 1.80. The molecule has 2 aliphatic rings. The lowest BCUT2D eigenvalue weighted by molar-refractivity contribution is -0.138. The normalized spacial score (nSPS) is 22.8. The molecule has 0 aromatic heterocycles. The van der Waals surface area contributed by atoms with E-state index in [-0.39, 0.29) is 11.5 Å². The van der Waals surface area contributed by atoms with Crippen molar-refractivity contribution in [3.63, 3.8) is 0 Å². The van der Waals surface area contributed by atoms with Crippen molar-refractivity contribution in [3.05, 3.63) is 35.9 Å². The number of hydrogen-bond donors (Lipinski definition) is 0. The SMILES string of the molecule is O=C1CC2(CCCCCCCCCCC2)N=C(c2ccccc2)O1. The molecule has 1 aromatic rings. The minimum Gasteiger partial charge on any atom is -0.407 e. The first kappa shape index (κ1) is 17.2. The minimum atomic E-state index is -0.236. The van der Waals surface area contributed by atoms with Crippen LogP contribution in [0.15, 0.2) is 35.3 Å². The first-order valence-electron chi connectivity index (χ1n) is 9.63. The van der Waals surface area contributed by atoms with Gasteiger partial charge in [-0.15, -0.1) is 0 Å². The van der Waals surface area contributed by atoms with E-state index in [4.69, 9.17) is 9.73 Å². The second-order valence-electron chi connectivity index (χ2n) is 7.34. The summed E-state index contributed by atoms with van der Waals surface area (Å²) in [7, 11) is 0. The zero-order valence-electron chi connectivity index (χ0n) is 14.6. The highest BCUT2D eigenvalue weighted by molar-refractivity contribution is 6.02. The van der Waals surface area contributed by atoms with Gasteiger partial charge in [0.05, 0.1) is 12.0 Å². The van der Waals surface area contributed by atoms with Crippen molar-refractivity contribution in [2.24, 2.45) is 4.99 Å². The molecule has 3 nitrogen and oxygen atoms in total. The van der Waals surface area contributed by atoms with Gasteiger partial charge in [0.2, 0.25) is 5.90 Å². The van der Waals surface area contributed by atoms with E-state index in [0.29, 0.717) is 12.3 Å². The van der Waals surface area contributed by atoms with Crippen LogP contribution in [0.4, 0.5) is 0 Å². The molecule has 1 saturated carbocycles. The van der Waals surface area contributed by atoms with Crippen molar-refractivity contribution in [2.45, 2.75) is 82.6 Å². The van der Waals surface area contributed by atoms with Crippen LogP contribution < -0.4 is 0 Å². The van der Waals surface area contributed by atoms with E-state index < -0.39 is 0 Å². The number of aliphatic imine (C=N–C) groups is 1. The molecule has 1 spiro atoms. The summed E-state index contributed by atoms with van der Waals surface area (Å²) < 4.78 is 5.48. The number of esters is 1. The zero-order chi connectivity index (χ0) is 16.7. The summed E-state index contributed by atoms with van der Waals surface area (Å²) in [4.78, 5) is 17.3. The molecule has 0 amide bonds. The van der Waals surface area contributed by atoms with Gasteiger partial charge in [-0.05, 0) is 25.0 Å². The van der Waals surface area contributed by atoms with Crippen LogP contribution in [-0.4, -0.2) is 17.4 Å². The van der Waals surface area contributed by atoms with Gasteiger partial charge in [0.1, 0.15) is 0 Å². The van der Waals surface area contributed by atoms with Crippen molar-refractivity contribution in [1.82, 2.24) is 0 Å². The van der Waals surface area contributed by atoms with Gasteiger partial charge in [0.25, 0.3) is 0 Å². The molecule has 0 radical (unpaired) electrons. The highest BCUT2D eigenvalue weighted by Gasteiger charge is 2.37. The second-order valence-corrected chi connectivity index (χ2v) is 7.34. The highest BCUT2D eigenvalue weighted by atomic mass is 16.5. The summed E-state index contributed by atoms with van der Waals surface area (Å²) in [5.74, 6) is 0.412. The Kier molecular flexibility index (Phi) is 6.06. The summed E-state index contributed by atoms with van der Waals surface area (Å²) in [6.07, 6.45) is 14.0. The minimum absolute atomic E-state index is 0.115. The predicted octanol–water partition coefficient (Wildman–Crippen LogP) is 5.42. The first-order valence-corrected chi connectivity index (χ1v) is 9.63. The summed E-state index contributed by atoms with van der Waals surface area (Å²) in [5.41, 5.74) is 0.677. The summed E-state index contributed by atoms with van der Waals surface area (Å²) in [6.45, 7) is 0. The molecular weight excluding hydrogens is 298 g/mol. The fourth-order valence-corrected chi connectivity index (χ4v) is 3.95. The smallest absolute Gasteiger partial charge is 0.314 e. The third-order valence-electron chi connectivity index (χ3n) is 5.33. The van der Waals surface area contributed by atoms with Crippen LogP contribution in [0.3, 0.4) is 0 Å². The largest absolute Gasteiger partial charge is 0.407 e. The van der Waals surface area contributed by atoms with Crippen LogP contribution in [0.5, 0.6) is 0 Å². The number of carbonyl (C=O) groups excluding carboxylic acids is 1. The van der Waals surface area contributed by atoms with Crippen LogP contribution in [0.25, 0.3) is 0 Å². The van der Waals surface area contributed by atoms with Gasteiger partial charge in [-0.2, -0.15) is 0 Å². The molecule has 1 fully saturated rings. The van der Waals surface area contributed by atoms with Crippen molar-refractivity contribution in [2.75, 3.05) is 0 Å². The van der Waals surface area contributed by atoms with E-state index in [1.807, 2.05) is 30.3 Å². The van der Waals surface area contributed by atoms with Crippen molar-refractivity contribution >= 4 is 11.9 Å². The van der Waals surface area contributed by atoms with Crippen LogP contribution >= 0.6 is 0 Å². The van der Waals surface area contributed by atoms with Gasteiger partial charge in [0.15, 0.2) is 0 Å². The lowest BCUT2D eigenvalue weighted by atomic mass is 9.82. The molecule has 0 bridgehead atoms. The second kappa shape index (κ2) is 8.46. The van der Waals surface area contributed by atoms with Gasteiger partial charge in [-0.1, -0.05) is 76.0 Å². The van der Waals surface area contributed by atoms with E-state index in [1.165, 1.54) is 57.8 Å². The topological polar surface area (TPSA) is 38.7 Å². The quantitative estimate of drug-likeness (QED) is 0.646. The maximum absolute atomic E-state index is 12.3. The third-order valence-corrected chi connectivity index (χ3v) is 5.33. The Morgan fingerprint density at radius 1 is 0.792 bits per heavy atom. The molecule has 0 atom stereocenters.